The zero-order valence-corrected chi connectivity index (χ0v) is 17.6. The summed E-state index contributed by atoms with van der Waals surface area (Å²) in [5.41, 5.74) is -1.85. The molecule has 3 aliphatic rings. The van der Waals surface area contributed by atoms with Crippen molar-refractivity contribution >= 4 is 23.8 Å². The molecular formula is C21H30N2O6. The molecule has 0 aromatic heterocycles. The van der Waals surface area contributed by atoms with E-state index < -0.39 is 29.1 Å². The monoisotopic (exact) mass is 406 g/mol. The normalized spacial score (nSPS) is 31.2. The largest absolute Gasteiger partial charge is 0.467 e. The molecule has 0 saturated carbocycles. The Morgan fingerprint density at radius 1 is 1.21 bits per heavy atom. The first-order chi connectivity index (χ1) is 13.6. The number of hydrogen-bond donors (Lipinski definition) is 0. The van der Waals surface area contributed by atoms with Gasteiger partial charge in [0.05, 0.1) is 18.6 Å². The van der Waals surface area contributed by atoms with Crippen LogP contribution in [0.5, 0.6) is 0 Å². The van der Waals surface area contributed by atoms with Crippen LogP contribution >= 0.6 is 0 Å². The molecule has 0 radical (unpaired) electrons. The number of Topliss-reactive ketones (excluding diaryl/α,β-unsaturated/α-hetero) is 1. The fourth-order valence-corrected chi connectivity index (χ4v) is 4.63. The molecule has 8 nitrogen and oxygen atoms in total. The third-order valence-corrected chi connectivity index (χ3v) is 5.85. The van der Waals surface area contributed by atoms with Crippen molar-refractivity contribution < 1.29 is 28.7 Å². The zero-order valence-electron chi connectivity index (χ0n) is 17.6. The van der Waals surface area contributed by atoms with Gasteiger partial charge in [-0.25, -0.2) is 9.59 Å². The Morgan fingerprint density at radius 3 is 2.59 bits per heavy atom. The summed E-state index contributed by atoms with van der Waals surface area (Å²) in [7, 11) is 1.26. The molecule has 0 unspecified atom stereocenters. The second kappa shape index (κ2) is 7.80. The minimum Gasteiger partial charge on any atom is -0.467 e. The summed E-state index contributed by atoms with van der Waals surface area (Å²) >= 11 is 0. The van der Waals surface area contributed by atoms with Crippen LogP contribution in [-0.2, 0) is 23.9 Å². The van der Waals surface area contributed by atoms with E-state index in [4.69, 9.17) is 9.47 Å². The van der Waals surface area contributed by atoms with Gasteiger partial charge in [0, 0.05) is 25.9 Å². The third kappa shape index (κ3) is 4.02. The second-order valence-electron chi connectivity index (χ2n) is 9.05. The Kier molecular flexibility index (Phi) is 5.74. The number of fused-ring (bicyclic) bond motifs is 1. The van der Waals surface area contributed by atoms with E-state index in [0.717, 1.165) is 6.42 Å². The van der Waals surface area contributed by atoms with Crippen molar-refractivity contribution in [1.29, 1.82) is 0 Å². The van der Waals surface area contributed by atoms with Gasteiger partial charge in [-0.15, -0.1) is 0 Å². The van der Waals surface area contributed by atoms with E-state index in [0.29, 0.717) is 19.3 Å². The van der Waals surface area contributed by atoms with Gasteiger partial charge in [-0.1, -0.05) is 12.2 Å². The van der Waals surface area contributed by atoms with Crippen LogP contribution in [0.4, 0.5) is 4.79 Å². The topological polar surface area (TPSA) is 93.2 Å². The Morgan fingerprint density at radius 2 is 1.93 bits per heavy atom. The fourth-order valence-electron chi connectivity index (χ4n) is 4.63. The smallest absolute Gasteiger partial charge is 0.410 e. The number of ketones is 1. The van der Waals surface area contributed by atoms with Crippen LogP contribution in [0, 0.1) is 5.41 Å². The van der Waals surface area contributed by atoms with Crippen molar-refractivity contribution in [3.8, 4) is 0 Å². The van der Waals surface area contributed by atoms with Crippen molar-refractivity contribution in [2.45, 2.75) is 70.6 Å². The van der Waals surface area contributed by atoms with Crippen LogP contribution in [0.25, 0.3) is 0 Å². The van der Waals surface area contributed by atoms with Crippen LogP contribution in [0.2, 0.25) is 0 Å². The van der Waals surface area contributed by atoms with E-state index in [1.54, 1.807) is 20.8 Å². The van der Waals surface area contributed by atoms with E-state index in [-0.39, 0.29) is 37.2 Å². The SMILES string of the molecule is COC(=O)[C@@H]1N2C(=O)CCC/C=C\[C@H]2C[C@@]12CN(C(=O)OC(C)(C)C)CCC2=O. The number of nitrogens with zero attached hydrogens (tertiary/aromatic N) is 2. The van der Waals surface area contributed by atoms with Gasteiger partial charge in [0.2, 0.25) is 5.91 Å². The Labute approximate surface area is 171 Å². The molecule has 3 heterocycles. The molecule has 2 amide bonds. The molecule has 160 valence electrons. The van der Waals surface area contributed by atoms with Crippen molar-refractivity contribution in [3.05, 3.63) is 12.2 Å². The van der Waals surface area contributed by atoms with Crippen LogP contribution < -0.4 is 0 Å². The first-order valence-corrected chi connectivity index (χ1v) is 10.2. The van der Waals surface area contributed by atoms with E-state index in [2.05, 4.69) is 0 Å². The van der Waals surface area contributed by atoms with E-state index in [9.17, 15) is 19.2 Å². The first-order valence-electron chi connectivity index (χ1n) is 10.2. The molecule has 1 spiro atoms. The van der Waals surface area contributed by atoms with Gasteiger partial charge in [0.1, 0.15) is 17.4 Å². The third-order valence-electron chi connectivity index (χ3n) is 5.85. The van der Waals surface area contributed by atoms with Gasteiger partial charge in [-0.3, -0.25) is 9.59 Å². The predicted octanol–water partition coefficient (Wildman–Crippen LogP) is 2.07. The van der Waals surface area contributed by atoms with Crippen LogP contribution in [0.15, 0.2) is 12.2 Å². The number of methoxy groups -OCH3 is 1. The minimum absolute atomic E-state index is 0.0363. The summed E-state index contributed by atoms with van der Waals surface area (Å²) in [6.45, 7) is 5.60. The van der Waals surface area contributed by atoms with Crippen molar-refractivity contribution in [3.63, 3.8) is 0 Å². The maximum Gasteiger partial charge on any atom is 0.410 e. The quantitative estimate of drug-likeness (QED) is 0.489. The maximum absolute atomic E-state index is 13.2. The zero-order chi connectivity index (χ0) is 21.4. The highest BCUT2D eigenvalue weighted by Crippen LogP contribution is 2.47. The van der Waals surface area contributed by atoms with Gasteiger partial charge in [-0.2, -0.15) is 0 Å². The lowest BCUT2D eigenvalue weighted by Gasteiger charge is -2.42. The summed E-state index contributed by atoms with van der Waals surface area (Å²) in [4.78, 5) is 54.5. The molecule has 29 heavy (non-hydrogen) atoms. The summed E-state index contributed by atoms with van der Waals surface area (Å²) in [6, 6.07) is -1.40. The average molecular weight is 406 g/mol. The van der Waals surface area contributed by atoms with Crippen molar-refractivity contribution in [2.24, 2.45) is 5.41 Å². The Balaban J connectivity index is 1.99. The van der Waals surface area contributed by atoms with E-state index in [1.807, 2.05) is 12.2 Å². The molecule has 0 N–H and O–H groups in total. The Hall–Kier alpha value is -2.38. The number of allylic oxidation sites excluding steroid dienone is 1. The van der Waals surface area contributed by atoms with Crippen LogP contribution in [0.1, 0.15) is 52.9 Å². The molecule has 8 heteroatoms. The fraction of sp³-hybridized carbons (Fsp3) is 0.714. The lowest BCUT2D eigenvalue weighted by atomic mass is 9.72. The highest BCUT2D eigenvalue weighted by atomic mass is 16.6. The lowest BCUT2D eigenvalue weighted by Crippen LogP contribution is -2.60. The summed E-state index contributed by atoms with van der Waals surface area (Å²) in [6.07, 6.45) is 5.58. The number of likely N-dealkylation sites (tertiary alicyclic amines) is 1. The number of hydrogen-bond acceptors (Lipinski definition) is 6. The minimum atomic E-state index is -1.18. The molecular weight excluding hydrogens is 376 g/mol. The number of rotatable bonds is 1. The first kappa shape index (κ1) is 21.3. The number of esters is 1. The molecule has 3 aliphatic heterocycles. The molecule has 0 bridgehead atoms. The van der Waals surface area contributed by atoms with Crippen molar-refractivity contribution in [2.75, 3.05) is 20.2 Å². The molecule has 3 rings (SSSR count). The summed E-state index contributed by atoms with van der Waals surface area (Å²) in [5, 5.41) is 0. The van der Waals surface area contributed by atoms with Gasteiger partial charge in [-0.05, 0) is 40.0 Å². The molecule has 2 fully saturated rings. The second-order valence-corrected chi connectivity index (χ2v) is 9.05. The molecule has 3 atom stereocenters. The van der Waals surface area contributed by atoms with Crippen LogP contribution in [0.3, 0.4) is 0 Å². The maximum atomic E-state index is 13.2. The average Bonchev–Trinajstić information content (AvgIpc) is 2.94. The summed E-state index contributed by atoms with van der Waals surface area (Å²) in [5.74, 6) is -0.885. The van der Waals surface area contributed by atoms with Gasteiger partial charge >= 0.3 is 12.1 Å². The van der Waals surface area contributed by atoms with Gasteiger partial charge in [0.25, 0.3) is 0 Å². The van der Waals surface area contributed by atoms with Gasteiger partial charge in [0.15, 0.2) is 0 Å². The van der Waals surface area contributed by atoms with E-state index >= 15 is 0 Å². The Bertz CT molecular complexity index is 740. The number of carbonyl (C=O) groups is 4. The number of amides is 2. The lowest BCUT2D eigenvalue weighted by molar-refractivity contribution is -0.160. The number of piperidine rings is 1. The number of ether oxygens (including phenoxy) is 2. The molecule has 0 aromatic rings. The van der Waals surface area contributed by atoms with Crippen molar-refractivity contribution in [1.82, 2.24) is 9.80 Å². The molecule has 0 aromatic carbocycles. The van der Waals surface area contributed by atoms with E-state index in [1.165, 1.54) is 16.9 Å². The predicted molar refractivity (Wildman–Crippen MR) is 104 cm³/mol. The highest BCUT2D eigenvalue weighted by molar-refractivity contribution is 5.97. The number of carbonyl (C=O) groups excluding carboxylic acids is 4. The summed E-state index contributed by atoms with van der Waals surface area (Å²) < 4.78 is 10.5. The molecule has 0 aliphatic carbocycles. The van der Waals surface area contributed by atoms with Crippen LogP contribution in [-0.4, -0.2) is 71.4 Å². The van der Waals surface area contributed by atoms with Gasteiger partial charge < -0.3 is 19.3 Å². The highest BCUT2D eigenvalue weighted by Gasteiger charge is 2.62. The molecule has 2 saturated heterocycles. The standard InChI is InChI=1S/C21H30N2O6/c1-20(2,3)29-19(27)22-11-10-15(24)21(13-22)12-14-8-6-5-7-9-16(25)23(14)17(21)18(26)28-4/h6,8,14,17H,5,7,9-13H2,1-4H3/b8-6-/t14-,17-,21-/m0/s1.